The van der Waals surface area contributed by atoms with Crippen LogP contribution >= 0.6 is 35.1 Å². The highest BCUT2D eigenvalue weighted by Gasteiger charge is 2.57. The molecule has 1 aliphatic heterocycles. The van der Waals surface area contributed by atoms with E-state index in [4.69, 9.17) is 11.6 Å². The van der Waals surface area contributed by atoms with Crippen molar-refractivity contribution in [3.63, 3.8) is 0 Å². The maximum atomic E-state index is 12.6. The Hall–Kier alpha value is -0.320. The molecule has 1 amide bonds. The molecule has 130 valence electrons. The van der Waals surface area contributed by atoms with Crippen molar-refractivity contribution in [2.45, 2.75) is 36.2 Å². The van der Waals surface area contributed by atoms with E-state index in [1.807, 2.05) is 24.3 Å². The number of carbonyl (C=O) groups excluding carboxylic acids is 1. The Morgan fingerprint density at radius 1 is 1.12 bits per heavy atom. The lowest BCUT2D eigenvalue weighted by Gasteiger charge is -2.42. The van der Waals surface area contributed by atoms with Crippen LogP contribution in [0.2, 0.25) is 5.02 Å². The van der Waals surface area contributed by atoms with Gasteiger partial charge in [0.25, 0.3) is 0 Å². The molecule has 1 heterocycles. The van der Waals surface area contributed by atoms with Gasteiger partial charge in [0, 0.05) is 29.0 Å². The molecule has 2 atom stereocenters. The summed E-state index contributed by atoms with van der Waals surface area (Å²) < 4.78 is 0.472. The molecule has 1 saturated heterocycles. The fourth-order valence-electron chi connectivity index (χ4n) is 4.74. The molecule has 2 aliphatic carbocycles. The Morgan fingerprint density at radius 2 is 1.75 bits per heavy atom. The average Bonchev–Trinajstić information content (AvgIpc) is 3.12. The van der Waals surface area contributed by atoms with E-state index in [1.54, 1.807) is 0 Å². The Bertz CT molecular complexity index is 584. The third-order valence-electron chi connectivity index (χ3n) is 5.88. The van der Waals surface area contributed by atoms with E-state index < -0.39 is 0 Å². The molecule has 0 radical (unpaired) electrons. The van der Waals surface area contributed by atoms with Crippen LogP contribution in [0.25, 0.3) is 0 Å². The van der Waals surface area contributed by atoms with Crippen LogP contribution in [0, 0.1) is 17.8 Å². The minimum atomic E-state index is 0.236. The van der Waals surface area contributed by atoms with E-state index >= 15 is 0 Å². The molecule has 2 nitrogen and oxygen atoms in total. The standard InChI is InChI=1S/C19H24ClNOS2/c20-17-5-1-13(2-6-17)7-8-21-18(22)14-11-15-3-4-16(12-14)19(15)23-9-10-24-19/h1-2,5-6,14-16H,3-4,7-12H2,(H,21,22). The molecule has 2 saturated carbocycles. The van der Waals surface area contributed by atoms with E-state index in [2.05, 4.69) is 28.8 Å². The Morgan fingerprint density at radius 3 is 2.38 bits per heavy atom. The van der Waals surface area contributed by atoms with E-state index in [0.29, 0.717) is 4.08 Å². The maximum Gasteiger partial charge on any atom is 0.223 e. The first-order valence-corrected chi connectivity index (χ1v) is 11.3. The number of hydrogen-bond acceptors (Lipinski definition) is 3. The summed E-state index contributed by atoms with van der Waals surface area (Å²) in [6.45, 7) is 0.723. The number of rotatable bonds is 4. The fraction of sp³-hybridized carbons (Fsp3) is 0.632. The van der Waals surface area contributed by atoms with E-state index in [-0.39, 0.29) is 11.8 Å². The Kier molecular flexibility index (Phi) is 5.08. The van der Waals surface area contributed by atoms with Crippen molar-refractivity contribution < 1.29 is 4.79 Å². The minimum Gasteiger partial charge on any atom is -0.356 e. The Balaban J connectivity index is 1.29. The molecule has 1 aromatic carbocycles. The summed E-state index contributed by atoms with van der Waals surface area (Å²) in [5.74, 6) is 4.62. The second-order valence-corrected chi connectivity index (χ2v) is 10.7. The van der Waals surface area contributed by atoms with Gasteiger partial charge in [-0.05, 0) is 61.6 Å². The predicted molar refractivity (Wildman–Crippen MR) is 105 cm³/mol. The summed E-state index contributed by atoms with van der Waals surface area (Å²) in [6, 6.07) is 7.89. The topological polar surface area (TPSA) is 29.1 Å². The average molecular weight is 382 g/mol. The molecule has 1 N–H and O–H groups in total. The van der Waals surface area contributed by atoms with Crippen LogP contribution in [0.15, 0.2) is 24.3 Å². The number of benzene rings is 1. The monoisotopic (exact) mass is 381 g/mol. The molecule has 5 heteroatoms. The van der Waals surface area contributed by atoms with Crippen LogP contribution in [0.4, 0.5) is 0 Å². The van der Waals surface area contributed by atoms with Gasteiger partial charge in [0.2, 0.25) is 5.91 Å². The molecule has 3 aliphatic rings. The number of halogens is 1. The quantitative estimate of drug-likeness (QED) is 0.825. The molecule has 0 aromatic heterocycles. The zero-order valence-corrected chi connectivity index (χ0v) is 16.2. The van der Waals surface area contributed by atoms with Gasteiger partial charge < -0.3 is 5.32 Å². The maximum absolute atomic E-state index is 12.6. The summed E-state index contributed by atoms with van der Waals surface area (Å²) in [6.07, 6.45) is 5.74. The summed E-state index contributed by atoms with van der Waals surface area (Å²) >= 11 is 10.3. The molecule has 2 bridgehead atoms. The number of thioether (sulfide) groups is 2. The van der Waals surface area contributed by atoms with E-state index in [0.717, 1.165) is 42.7 Å². The normalized spacial score (nSPS) is 30.6. The molecule has 3 fully saturated rings. The summed E-state index contributed by atoms with van der Waals surface area (Å²) in [7, 11) is 0. The van der Waals surface area contributed by atoms with Gasteiger partial charge in [-0.2, -0.15) is 0 Å². The molecule has 1 spiro atoms. The largest absolute Gasteiger partial charge is 0.356 e. The number of nitrogens with one attached hydrogen (secondary N) is 1. The van der Waals surface area contributed by atoms with Crippen LogP contribution in [0.5, 0.6) is 0 Å². The number of hydrogen-bond donors (Lipinski definition) is 1. The molecular weight excluding hydrogens is 358 g/mol. The third kappa shape index (κ3) is 3.22. The number of amides is 1. The third-order valence-corrected chi connectivity index (χ3v) is 10.1. The van der Waals surface area contributed by atoms with Crippen molar-refractivity contribution >= 4 is 41.0 Å². The van der Waals surface area contributed by atoms with Crippen molar-refractivity contribution in [2.24, 2.45) is 17.8 Å². The highest BCUT2D eigenvalue weighted by atomic mass is 35.5. The molecular formula is C19H24ClNOS2. The first-order chi connectivity index (χ1) is 11.7. The van der Waals surface area contributed by atoms with Crippen LogP contribution in [0.1, 0.15) is 31.2 Å². The highest BCUT2D eigenvalue weighted by molar-refractivity contribution is 8.21. The minimum absolute atomic E-state index is 0.236. The zero-order chi connectivity index (χ0) is 16.6. The van der Waals surface area contributed by atoms with Crippen molar-refractivity contribution in [3.05, 3.63) is 34.9 Å². The van der Waals surface area contributed by atoms with Crippen molar-refractivity contribution in [2.75, 3.05) is 18.1 Å². The van der Waals surface area contributed by atoms with Crippen LogP contribution in [-0.2, 0) is 11.2 Å². The SMILES string of the molecule is O=C(NCCc1ccc(Cl)cc1)C1CC2CCC(C1)C21SCCS1. The highest BCUT2D eigenvalue weighted by Crippen LogP contribution is 2.65. The van der Waals surface area contributed by atoms with E-state index in [9.17, 15) is 4.79 Å². The summed E-state index contributed by atoms with van der Waals surface area (Å²) in [5, 5.41) is 3.94. The molecule has 24 heavy (non-hydrogen) atoms. The molecule has 2 unspecified atom stereocenters. The van der Waals surface area contributed by atoms with E-state index in [1.165, 1.54) is 29.9 Å². The second kappa shape index (κ2) is 7.13. The lowest BCUT2D eigenvalue weighted by atomic mass is 9.79. The lowest BCUT2D eigenvalue weighted by molar-refractivity contribution is -0.126. The van der Waals surface area contributed by atoms with Crippen molar-refractivity contribution in [1.82, 2.24) is 5.32 Å². The second-order valence-electron chi connectivity index (χ2n) is 7.23. The van der Waals surface area contributed by atoms with Gasteiger partial charge in [0.15, 0.2) is 0 Å². The van der Waals surface area contributed by atoms with Gasteiger partial charge in [-0.3, -0.25) is 4.79 Å². The molecule has 1 aromatic rings. The Labute approximate surface area is 157 Å². The smallest absolute Gasteiger partial charge is 0.223 e. The van der Waals surface area contributed by atoms with Gasteiger partial charge in [-0.1, -0.05) is 23.7 Å². The van der Waals surface area contributed by atoms with Gasteiger partial charge in [0.05, 0.1) is 4.08 Å². The lowest BCUT2D eigenvalue weighted by Crippen LogP contribution is -2.43. The van der Waals surface area contributed by atoms with Crippen molar-refractivity contribution in [3.8, 4) is 0 Å². The zero-order valence-electron chi connectivity index (χ0n) is 13.8. The predicted octanol–water partition coefficient (Wildman–Crippen LogP) is 4.61. The van der Waals surface area contributed by atoms with Crippen LogP contribution < -0.4 is 5.32 Å². The van der Waals surface area contributed by atoms with Crippen LogP contribution in [-0.4, -0.2) is 28.0 Å². The van der Waals surface area contributed by atoms with Crippen molar-refractivity contribution in [1.29, 1.82) is 0 Å². The van der Waals surface area contributed by atoms with Gasteiger partial charge in [0.1, 0.15) is 0 Å². The van der Waals surface area contributed by atoms with Gasteiger partial charge >= 0.3 is 0 Å². The summed E-state index contributed by atoms with van der Waals surface area (Å²) in [4.78, 5) is 12.6. The van der Waals surface area contributed by atoms with Gasteiger partial charge in [-0.15, -0.1) is 23.5 Å². The fourth-order valence-corrected chi connectivity index (χ4v) is 8.80. The number of carbonyl (C=O) groups is 1. The molecule has 4 rings (SSSR count). The van der Waals surface area contributed by atoms with Crippen LogP contribution in [0.3, 0.4) is 0 Å². The first kappa shape index (κ1) is 17.1. The summed E-state index contributed by atoms with van der Waals surface area (Å²) in [5.41, 5.74) is 1.22. The first-order valence-electron chi connectivity index (χ1n) is 8.97. The van der Waals surface area contributed by atoms with Gasteiger partial charge in [-0.25, -0.2) is 0 Å².